The molecule has 1 aromatic carbocycles. The van der Waals surface area contributed by atoms with Crippen molar-refractivity contribution in [3.63, 3.8) is 0 Å². The Kier molecular flexibility index (Phi) is 6.16. The molecule has 1 N–H and O–H groups in total. The third-order valence-electron chi connectivity index (χ3n) is 4.01. The van der Waals surface area contributed by atoms with Crippen molar-refractivity contribution < 1.29 is 0 Å². The van der Waals surface area contributed by atoms with E-state index in [0.29, 0.717) is 16.1 Å². The molecular formula is C16H24Cl2N2. The highest BCUT2D eigenvalue weighted by molar-refractivity contribution is 6.42. The molecule has 0 radical (unpaired) electrons. The van der Waals surface area contributed by atoms with E-state index in [2.05, 4.69) is 30.1 Å². The fourth-order valence-corrected chi connectivity index (χ4v) is 2.95. The van der Waals surface area contributed by atoms with Crippen molar-refractivity contribution in [2.24, 2.45) is 0 Å². The number of hydrogen-bond donors (Lipinski definition) is 1. The lowest BCUT2D eigenvalue weighted by Crippen LogP contribution is -2.35. The van der Waals surface area contributed by atoms with Crippen molar-refractivity contribution in [1.29, 1.82) is 0 Å². The van der Waals surface area contributed by atoms with Crippen LogP contribution in [0.5, 0.6) is 0 Å². The third kappa shape index (κ3) is 4.36. The monoisotopic (exact) mass is 314 g/mol. The molecule has 1 unspecified atom stereocenters. The lowest BCUT2D eigenvalue weighted by Gasteiger charge is -2.23. The van der Waals surface area contributed by atoms with Crippen molar-refractivity contribution >= 4 is 23.2 Å². The zero-order chi connectivity index (χ0) is 14.5. The highest BCUT2D eigenvalue weighted by atomic mass is 35.5. The van der Waals surface area contributed by atoms with Gasteiger partial charge in [-0.05, 0) is 43.5 Å². The van der Waals surface area contributed by atoms with Gasteiger partial charge in [0.15, 0.2) is 0 Å². The van der Waals surface area contributed by atoms with Crippen LogP contribution in [0.15, 0.2) is 18.2 Å². The van der Waals surface area contributed by atoms with Crippen LogP contribution >= 0.6 is 23.2 Å². The second kappa shape index (κ2) is 7.65. The van der Waals surface area contributed by atoms with Gasteiger partial charge in [0.25, 0.3) is 0 Å². The molecule has 112 valence electrons. The van der Waals surface area contributed by atoms with Gasteiger partial charge in [0, 0.05) is 25.2 Å². The zero-order valence-electron chi connectivity index (χ0n) is 12.3. The zero-order valence-corrected chi connectivity index (χ0v) is 13.8. The van der Waals surface area contributed by atoms with Gasteiger partial charge in [-0.2, -0.15) is 0 Å². The number of nitrogens with zero attached hydrogens (tertiary/aromatic N) is 1. The Bertz CT molecular complexity index is 432. The van der Waals surface area contributed by atoms with E-state index in [1.807, 2.05) is 12.1 Å². The van der Waals surface area contributed by atoms with Crippen LogP contribution < -0.4 is 5.32 Å². The van der Waals surface area contributed by atoms with Gasteiger partial charge in [-0.1, -0.05) is 43.1 Å². The summed E-state index contributed by atoms with van der Waals surface area (Å²) >= 11 is 12.1. The second-order valence-electron chi connectivity index (χ2n) is 5.45. The van der Waals surface area contributed by atoms with Crippen LogP contribution in [-0.2, 0) is 0 Å². The van der Waals surface area contributed by atoms with Gasteiger partial charge in [-0.3, -0.25) is 4.90 Å². The summed E-state index contributed by atoms with van der Waals surface area (Å²) in [6.07, 6.45) is 3.79. The van der Waals surface area contributed by atoms with Crippen LogP contribution in [0.3, 0.4) is 0 Å². The van der Waals surface area contributed by atoms with Gasteiger partial charge in [-0.25, -0.2) is 0 Å². The molecule has 1 aromatic rings. The van der Waals surface area contributed by atoms with E-state index < -0.39 is 0 Å². The fourth-order valence-electron chi connectivity index (χ4n) is 2.65. The summed E-state index contributed by atoms with van der Waals surface area (Å²) in [6, 6.07) is 7.11. The van der Waals surface area contributed by atoms with Crippen molar-refractivity contribution in [2.75, 3.05) is 19.6 Å². The maximum Gasteiger partial charge on any atom is 0.0595 e. The van der Waals surface area contributed by atoms with Gasteiger partial charge in [0.1, 0.15) is 0 Å². The molecule has 0 saturated heterocycles. The average molecular weight is 315 g/mol. The molecule has 0 spiro atoms. The Balaban J connectivity index is 1.86. The molecular weight excluding hydrogens is 291 g/mol. The molecule has 1 aliphatic carbocycles. The van der Waals surface area contributed by atoms with Crippen molar-refractivity contribution in [3.05, 3.63) is 33.8 Å². The van der Waals surface area contributed by atoms with E-state index in [-0.39, 0.29) is 0 Å². The van der Waals surface area contributed by atoms with Crippen LogP contribution in [0.4, 0.5) is 0 Å². The summed E-state index contributed by atoms with van der Waals surface area (Å²) < 4.78 is 0. The first-order valence-corrected chi connectivity index (χ1v) is 8.33. The summed E-state index contributed by atoms with van der Waals surface area (Å²) in [7, 11) is 0. The fraction of sp³-hybridized carbons (Fsp3) is 0.625. The van der Waals surface area contributed by atoms with Crippen LogP contribution in [0, 0.1) is 0 Å². The molecule has 0 aromatic heterocycles. The average Bonchev–Trinajstić information content (AvgIpc) is 3.27. The Labute approximate surface area is 132 Å². The molecule has 0 bridgehead atoms. The van der Waals surface area contributed by atoms with Gasteiger partial charge in [-0.15, -0.1) is 0 Å². The number of nitrogens with one attached hydrogen (secondary N) is 1. The van der Waals surface area contributed by atoms with E-state index >= 15 is 0 Å². The first-order valence-electron chi connectivity index (χ1n) is 7.58. The Morgan fingerprint density at radius 2 is 2.00 bits per heavy atom. The Morgan fingerprint density at radius 1 is 1.25 bits per heavy atom. The first-order chi connectivity index (χ1) is 9.65. The van der Waals surface area contributed by atoms with Crippen molar-refractivity contribution in [2.45, 2.75) is 45.2 Å². The minimum absolute atomic E-state index is 0.350. The van der Waals surface area contributed by atoms with Crippen LogP contribution in [0.25, 0.3) is 0 Å². The van der Waals surface area contributed by atoms with E-state index in [0.717, 1.165) is 32.1 Å². The number of rotatable bonds is 8. The topological polar surface area (TPSA) is 15.3 Å². The normalized spacial score (nSPS) is 16.6. The van der Waals surface area contributed by atoms with E-state index in [1.54, 1.807) is 0 Å². The smallest absolute Gasteiger partial charge is 0.0595 e. The molecule has 1 atom stereocenters. The predicted octanol–water partition coefficient (Wildman–Crippen LogP) is 4.52. The summed E-state index contributed by atoms with van der Waals surface area (Å²) in [5, 5.41) is 4.89. The minimum Gasteiger partial charge on any atom is -0.309 e. The largest absolute Gasteiger partial charge is 0.309 e. The lowest BCUT2D eigenvalue weighted by molar-refractivity contribution is 0.271. The van der Waals surface area contributed by atoms with Gasteiger partial charge in [0.05, 0.1) is 10.0 Å². The van der Waals surface area contributed by atoms with Crippen LogP contribution in [0.2, 0.25) is 10.0 Å². The third-order valence-corrected chi connectivity index (χ3v) is 4.75. The van der Waals surface area contributed by atoms with Gasteiger partial charge < -0.3 is 5.32 Å². The maximum absolute atomic E-state index is 6.10. The van der Waals surface area contributed by atoms with E-state index in [4.69, 9.17) is 23.2 Å². The lowest BCUT2D eigenvalue weighted by atomic mass is 10.0. The highest BCUT2D eigenvalue weighted by Crippen LogP contribution is 2.27. The number of hydrogen-bond acceptors (Lipinski definition) is 2. The predicted molar refractivity (Wildman–Crippen MR) is 87.8 cm³/mol. The minimum atomic E-state index is 0.350. The molecule has 0 heterocycles. The summed E-state index contributed by atoms with van der Waals surface area (Å²) in [4.78, 5) is 2.56. The second-order valence-corrected chi connectivity index (χ2v) is 6.26. The SMILES string of the molecule is CCC(NCCN(CC)C1CC1)c1ccc(Cl)c(Cl)c1. The molecule has 2 rings (SSSR count). The standard InChI is InChI=1S/C16H24Cl2N2/c1-3-16(12-5-8-14(17)15(18)11-12)19-9-10-20(4-2)13-6-7-13/h5,8,11,13,16,19H,3-4,6-7,9-10H2,1-2H3. The molecule has 20 heavy (non-hydrogen) atoms. The van der Waals surface area contributed by atoms with E-state index in [1.165, 1.54) is 18.4 Å². The Morgan fingerprint density at radius 3 is 2.55 bits per heavy atom. The number of benzene rings is 1. The highest BCUT2D eigenvalue weighted by Gasteiger charge is 2.27. The Hall–Kier alpha value is -0.280. The quantitative estimate of drug-likeness (QED) is 0.759. The molecule has 1 aliphatic rings. The van der Waals surface area contributed by atoms with Gasteiger partial charge >= 0.3 is 0 Å². The number of halogens is 2. The van der Waals surface area contributed by atoms with Crippen LogP contribution in [0.1, 0.15) is 44.7 Å². The molecule has 2 nitrogen and oxygen atoms in total. The van der Waals surface area contributed by atoms with Crippen molar-refractivity contribution in [1.82, 2.24) is 10.2 Å². The maximum atomic E-state index is 6.10. The molecule has 1 fully saturated rings. The van der Waals surface area contributed by atoms with Crippen LogP contribution in [-0.4, -0.2) is 30.6 Å². The van der Waals surface area contributed by atoms with E-state index in [9.17, 15) is 0 Å². The summed E-state index contributed by atoms with van der Waals surface area (Å²) in [5.74, 6) is 0. The molecule has 0 amide bonds. The molecule has 0 aliphatic heterocycles. The summed E-state index contributed by atoms with van der Waals surface area (Å²) in [6.45, 7) is 7.73. The molecule has 1 saturated carbocycles. The first kappa shape index (κ1) is 16.1. The summed E-state index contributed by atoms with van der Waals surface area (Å²) in [5.41, 5.74) is 1.22. The number of likely N-dealkylation sites (N-methyl/N-ethyl adjacent to an activating group) is 1. The van der Waals surface area contributed by atoms with Crippen molar-refractivity contribution in [3.8, 4) is 0 Å². The van der Waals surface area contributed by atoms with Gasteiger partial charge in [0.2, 0.25) is 0 Å². The molecule has 4 heteroatoms.